The van der Waals surface area contributed by atoms with Gasteiger partial charge in [0.15, 0.2) is 0 Å². The third-order valence-corrected chi connectivity index (χ3v) is 8.50. The van der Waals surface area contributed by atoms with Crippen LogP contribution in [-0.2, 0) is 25.5 Å². The number of hydrogen-bond donors (Lipinski definition) is 0. The number of pyridine rings is 2. The molecule has 0 N–H and O–H groups in total. The smallest absolute Gasteiger partial charge is 0.0165 e. The van der Waals surface area contributed by atoms with Crippen LogP contribution in [0.15, 0.2) is 158 Å². The Kier molecular flexibility index (Phi) is 9.17. The molecule has 3 heteroatoms. The van der Waals surface area contributed by atoms with Gasteiger partial charge in [0.25, 0.3) is 0 Å². The summed E-state index contributed by atoms with van der Waals surface area (Å²) in [7, 11) is 0. The van der Waals surface area contributed by atoms with Crippen LogP contribution in [0.1, 0.15) is 25.0 Å². The summed E-state index contributed by atoms with van der Waals surface area (Å²) < 4.78 is 0. The third-order valence-electron chi connectivity index (χ3n) is 8.50. The molecular formula is C43H32IrN2-2. The first-order valence-corrected chi connectivity index (χ1v) is 15.2. The minimum absolute atomic E-state index is 0. The zero-order chi connectivity index (χ0) is 30.6. The number of benzene rings is 5. The Morgan fingerprint density at radius 3 is 1.78 bits per heavy atom. The Balaban J connectivity index is 0.000000241. The van der Waals surface area contributed by atoms with E-state index in [1.807, 2.05) is 72.9 Å². The van der Waals surface area contributed by atoms with Crippen molar-refractivity contribution in [2.75, 3.05) is 0 Å². The summed E-state index contributed by atoms with van der Waals surface area (Å²) in [5.74, 6) is 0. The molecule has 46 heavy (non-hydrogen) atoms. The zero-order valence-electron chi connectivity index (χ0n) is 25.7. The van der Waals surface area contributed by atoms with E-state index < -0.39 is 0 Å². The molecule has 0 aliphatic heterocycles. The molecule has 0 saturated heterocycles. The summed E-state index contributed by atoms with van der Waals surface area (Å²) in [6, 6.07) is 56.8. The maximum Gasteiger partial charge on any atom is 0.0165 e. The number of aromatic nitrogens is 2. The number of rotatable bonds is 4. The Labute approximate surface area is 285 Å². The van der Waals surface area contributed by atoms with Gasteiger partial charge in [0.05, 0.1) is 0 Å². The SMILES string of the molecule is CC1(C)c2ccccc2-c2cccc(-c3ccc(-c4cc[c-]c(-c5ccccn5)c4)cc3)c21.[Ir].[c-]1ccccc1-c1ccccn1. The van der Waals surface area contributed by atoms with E-state index in [1.165, 1.54) is 44.5 Å². The molecular weight excluding hydrogens is 737 g/mol. The monoisotopic (exact) mass is 769 g/mol. The first-order valence-electron chi connectivity index (χ1n) is 15.2. The minimum Gasteiger partial charge on any atom is -0.305 e. The van der Waals surface area contributed by atoms with Crippen molar-refractivity contribution >= 4 is 0 Å². The number of nitrogens with zero attached hydrogens (tertiary/aromatic N) is 2. The fourth-order valence-corrected chi connectivity index (χ4v) is 6.32. The van der Waals surface area contributed by atoms with E-state index in [-0.39, 0.29) is 25.5 Å². The van der Waals surface area contributed by atoms with Crippen LogP contribution in [0.4, 0.5) is 0 Å². The summed E-state index contributed by atoms with van der Waals surface area (Å²) in [5, 5.41) is 0. The predicted octanol–water partition coefficient (Wildman–Crippen LogP) is 10.7. The van der Waals surface area contributed by atoms with Crippen LogP contribution in [0.25, 0.3) is 55.9 Å². The molecule has 0 amide bonds. The van der Waals surface area contributed by atoms with E-state index in [2.05, 4.69) is 115 Å². The van der Waals surface area contributed by atoms with E-state index in [1.54, 1.807) is 6.20 Å². The normalized spacial score (nSPS) is 12.1. The van der Waals surface area contributed by atoms with Crippen molar-refractivity contribution in [1.29, 1.82) is 0 Å². The number of hydrogen-bond acceptors (Lipinski definition) is 2. The first-order chi connectivity index (χ1) is 22.1. The van der Waals surface area contributed by atoms with Gasteiger partial charge in [0.1, 0.15) is 0 Å². The van der Waals surface area contributed by atoms with Crippen LogP contribution in [0, 0.1) is 12.1 Å². The van der Waals surface area contributed by atoms with Gasteiger partial charge in [0.2, 0.25) is 0 Å². The fraction of sp³-hybridized carbons (Fsp3) is 0.0698. The van der Waals surface area contributed by atoms with Gasteiger partial charge in [0, 0.05) is 37.9 Å². The van der Waals surface area contributed by atoms with Crippen LogP contribution in [0.2, 0.25) is 0 Å². The van der Waals surface area contributed by atoms with Crippen molar-refractivity contribution in [2.24, 2.45) is 0 Å². The van der Waals surface area contributed by atoms with Gasteiger partial charge in [-0.3, -0.25) is 0 Å². The molecule has 7 aromatic rings. The quantitative estimate of drug-likeness (QED) is 0.167. The second-order valence-electron chi connectivity index (χ2n) is 11.7. The molecule has 0 bridgehead atoms. The Morgan fingerprint density at radius 1 is 0.478 bits per heavy atom. The maximum absolute atomic E-state index is 4.47. The van der Waals surface area contributed by atoms with E-state index in [4.69, 9.17) is 0 Å². The molecule has 5 aromatic carbocycles. The van der Waals surface area contributed by atoms with Crippen LogP contribution >= 0.6 is 0 Å². The molecule has 2 nitrogen and oxygen atoms in total. The Morgan fingerprint density at radius 2 is 1.09 bits per heavy atom. The second kappa shape index (κ2) is 13.6. The van der Waals surface area contributed by atoms with Gasteiger partial charge in [-0.25, -0.2) is 0 Å². The van der Waals surface area contributed by atoms with Crippen LogP contribution < -0.4 is 0 Å². The van der Waals surface area contributed by atoms with Gasteiger partial charge >= 0.3 is 0 Å². The van der Waals surface area contributed by atoms with Gasteiger partial charge in [-0.15, -0.1) is 71.3 Å². The van der Waals surface area contributed by atoms with E-state index in [0.717, 1.165) is 22.5 Å². The van der Waals surface area contributed by atoms with Crippen LogP contribution in [-0.4, -0.2) is 9.97 Å². The molecule has 0 saturated carbocycles. The van der Waals surface area contributed by atoms with Gasteiger partial charge < -0.3 is 9.97 Å². The summed E-state index contributed by atoms with van der Waals surface area (Å²) in [6.07, 6.45) is 3.61. The third kappa shape index (κ3) is 6.13. The van der Waals surface area contributed by atoms with Crippen molar-refractivity contribution in [1.82, 2.24) is 9.97 Å². The molecule has 0 spiro atoms. The average molecular weight is 769 g/mol. The van der Waals surface area contributed by atoms with E-state index in [0.29, 0.717) is 0 Å². The summed E-state index contributed by atoms with van der Waals surface area (Å²) in [5.41, 5.74) is 14.4. The minimum atomic E-state index is -0.0198. The molecule has 0 fully saturated rings. The van der Waals surface area contributed by atoms with Gasteiger partial charge in [-0.05, 0) is 62.5 Å². The number of fused-ring (bicyclic) bond motifs is 3. The van der Waals surface area contributed by atoms with Crippen LogP contribution in [0.5, 0.6) is 0 Å². The molecule has 2 aromatic heterocycles. The summed E-state index contributed by atoms with van der Waals surface area (Å²) in [6.45, 7) is 4.68. The fourth-order valence-electron chi connectivity index (χ4n) is 6.32. The summed E-state index contributed by atoms with van der Waals surface area (Å²) >= 11 is 0. The predicted molar refractivity (Wildman–Crippen MR) is 185 cm³/mol. The van der Waals surface area contributed by atoms with Crippen molar-refractivity contribution in [2.45, 2.75) is 19.3 Å². The topological polar surface area (TPSA) is 25.8 Å². The van der Waals surface area contributed by atoms with Gasteiger partial charge in [-0.1, -0.05) is 105 Å². The zero-order valence-corrected chi connectivity index (χ0v) is 28.1. The molecule has 225 valence electrons. The molecule has 8 rings (SSSR count). The van der Waals surface area contributed by atoms with Crippen molar-refractivity contribution in [3.05, 3.63) is 181 Å². The Bertz CT molecular complexity index is 2020. The standard InChI is InChI=1S/C32H24N.C11H8N.Ir/c1-32(2)29-14-4-3-11-27(29)28-13-8-12-26(31(28)32)23-18-16-22(17-19-23)24-9-7-10-25(21-24)30-15-5-6-20-33-30;1-2-6-10(7-3-1)11-8-4-5-9-12-11;/h3-9,11-21H,1-2H3;1-6,8-9H;/q2*-1;. The second-order valence-corrected chi connectivity index (χ2v) is 11.7. The summed E-state index contributed by atoms with van der Waals surface area (Å²) in [4.78, 5) is 8.69. The van der Waals surface area contributed by atoms with E-state index >= 15 is 0 Å². The largest absolute Gasteiger partial charge is 0.305 e. The van der Waals surface area contributed by atoms with Crippen molar-refractivity contribution in [3.8, 4) is 55.9 Å². The van der Waals surface area contributed by atoms with Crippen molar-refractivity contribution < 1.29 is 20.1 Å². The Hall–Kier alpha value is -4.95. The molecule has 0 atom stereocenters. The van der Waals surface area contributed by atoms with Crippen LogP contribution in [0.3, 0.4) is 0 Å². The van der Waals surface area contributed by atoms with E-state index in [9.17, 15) is 0 Å². The first kappa shape index (κ1) is 31.0. The molecule has 1 radical (unpaired) electrons. The molecule has 1 aliphatic carbocycles. The molecule has 0 unspecified atom stereocenters. The molecule has 2 heterocycles. The maximum atomic E-state index is 4.47. The van der Waals surface area contributed by atoms with Gasteiger partial charge in [-0.2, -0.15) is 0 Å². The average Bonchev–Trinajstić information content (AvgIpc) is 3.36. The van der Waals surface area contributed by atoms with Crippen molar-refractivity contribution in [3.63, 3.8) is 0 Å². The molecule has 1 aliphatic rings.